The molecule has 0 atom stereocenters. The molecule has 1 aromatic heterocycles. The van der Waals surface area contributed by atoms with E-state index in [1.807, 2.05) is 0 Å². The zero-order valence-corrected chi connectivity index (χ0v) is 13.5. The van der Waals surface area contributed by atoms with E-state index in [1.54, 1.807) is 6.92 Å². The molecule has 1 aliphatic heterocycles. The van der Waals surface area contributed by atoms with Crippen LogP contribution < -0.4 is 4.90 Å². The van der Waals surface area contributed by atoms with Gasteiger partial charge in [0.05, 0.1) is 6.26 Å². The molecule has 0 aromatic carbocycles. The van der Waals surface area contributed by atoms with Crippen molar-refractivity contribution in [3.05, 3.63) is 23.5 Å². The van der Waals surface area contributed by atoms with Gasteiger partial charge in [-0.25, -0.2) is 8.42 Å². The molecular formula is C13H17F4N3O2S. The van der Waals surface area contributed by atoms with Crippen molar-refractivity contribution in [1.29, 1.82) is 0 Å². The average molecular weight is 355 g/mol. The van der Waals surface area contributed by atoms with Gasteiger partial charge in [0.1, 0.15) is 5.69 Å². The molecule has 0 N–H and O–H groups in total. The monoisotopic (exact) mass is 355 g/mol. The Hall–Kier alpha value is -1.42. The van der Waals surface area contributed by atoms with E-state index in [4.69, 9.17) is 0 Å². The Morgan fingerprint density at radius 1 is 1.13 bits per heavy atom. The van der Waals surface area contributed by atoms with Crippen LogP contribution in [0.2, 0.25) is 0 Å². The lowest BCUT2D eigenvalue weighted by molar-refractivity contribution is 0.283. The molecular weight excluding hydrogens is 338 g/mol. The number of nitrogens with zero attached hydrogens (tertiary/aromatic N) is 3. The first-order valence-electron chi connectivity index (χ1n) is 7.08. The summed E-state index contributed by atoms with van der Waals surface area (Å²) in [6.45, 7) is 2.13. The van der Waals surface area contributed by atoms with E-state index < -0.39 is 39.2 Å². The Kier molecular flexibility index (Phi) is 5.14. The van der Waals surface area contributed by atoms with Crippen LogP contribution in [0.4, 0.5) is 23.2 Å². The summed E-state index contributed by atoms with van der Waals surface area (Å²) >= 11 is 0. The van der Waals surface area contributed by atoms with Gasteiger partial charge in [-0.1, -0.05) is 6.92 Å². The van der Waals surface area contributed by atoms with E-state index in [2.05, 4.69) is 4.98 Å². The number of sulfonamides is 1. The van der Waals surface area contributed by atoms with Crippen LogP contribution in [0.25, 0.3) is 0 Å². The van der Waals surface area contributed by atoms with Crippen molar-refractivity contribution in [3.8, 4) is 0 Å². The van der Waals surface area contributed by atoms with Crippen LogP contribution in [0.3, 0.4) is 0 Å². The van der Waals surface area contributed by atoms with Crippen molar-refractivity contribution in [3.63, 3.8) is 0 Å². The minimum absolute atomic E-state index is 0.0768. The Balaban J connectivity index is 2.20. The third kappa shape index (κ3) is 3.57. The van der Waals surface area contributed by atoms with Gasteiger partial charge in [-0.05, 0) is 12.8 Å². The summed E-state index contributed by atoms with van der Waals surface area (Å²) in [4.78, 5) is 3.69. The quantitative estimate of drug-likeness (QED) is 0.611. The summed E-state index contributed by atoms with van der Waals surface area (Å²) in [5.74, 6) is -6.49. The molecule has 0 aliphatic carbocycles. The highest BCUT2D eigenvalue weighted by Gasteiger charge is 2.32. The molecule has 23 heavy (non-hydrogen) atoms. The molecule has 1 fully saturated rings. The normalized spacial score (nSPS) is 17.1. The number of halogens is 4. The van der Waals surface area contributed by atoms with Gasteiger partial charge in [-0.2, -0.15) is 26.9 Å². The van der Waals surface area contributed by atoms with E-state index in [1.165, 1.54) is 9.21 Å². The van der Waals surface area contributed by atoms with Crippen LogP contribution in [-0.4, -0.2) is 49.6 Å². The maximum absolute atomic E-state index is 13.7. The number of hydrogen-bond donors (Lipinski definition) is 0. The van der Waals surface area contributed by atoms with Gasteiger partial charge in [0, 0.05) is 25.7 Å². The standard InChI is InChI=1S/C13H17F4N3O2S/c1-3-20(23(2,21)22)8-4-6-19(7-5-8)11-9(14)12(16)18-13(17)10(11)15/h8H,3-7H2,1-2H3. The minimum atomic E-state index is -3.39. The first kappa shape index (κ1) is 17.9. The molecule has 0 unspecified atom stereocenters. The fourth-order valence-electron chi connectivity index (χ4n) is 2.89. The Morgan fingerprint density at radius 3 is 2.00 bits per heavy atom. The van der Waals surface area contributed by atoms with E-state index in [9.17, 15) is 26.0 Å². The van der Waals surface area contributed by atoms with Crippen LogP contribution >= 0.6 is 0 Å². The van der Waals surface area contributed by atoms with Gasteiger partial charge < -0.3 is 4.90 Å². The summed E-state index contributed by atoms with van der Waals surface area (Å²) in [5.41, 5.74) is -0.796. The molecule has 0 amide bonds. The summed E-state index contributed by atoms with van der Waals surface area (Å²) in [7, 11) is -3.39. The van der Waals surface area contributed by atoms with Gasteiger partial charge >= 0.3 is 0 Å². The Morgan fingerprint density at radius 2 is 1.61 bits per heavy atom. The van der Waals surface area contributed by atoms with Crippen LogP contribution in [0.5, 0.6) is 0 Å². The molecule has 2 heterocycles. The van der Waals surface area contributed by atoms with Crippen LogP contribution in [0.15, 0.2) is 0 Å². The van der Waals surface area contributed by atoms with Gasteiger partial charge in [0.25, 0.3) is 11.9 Å². The minimum Gasteiger partial charge on any atom is -0.366 e. The van der Waals surface area contributed by atoms with E-state index in [0.29, 0.717) is 12.8 Å². The Bertz CT molecular complexity index is 665. The highest BCUT2D eigenvalue weighted by Crippen LogP contribution is 2.30. The third-order valence-corrected chi connectivity index (χ3v) is 5.31. The van der Waals surface area contributed by atoms with E-state index in [-0.39, 0.29) is 25.7 Å². The van der Waals surface area contributed by atoms with Crippen molar-refractivity contribution >= 4 is 15.7 Å². The lowest BCUT2D eigenvalue weighted by Crippen LogP contribution is -2.47. The van der Waals surface area contributed by atoms with Crippen molar-refractivity contribution in [2.75, 3.05) is 30.8 Å². The summed E-state index contributed by atoms with van der Waals surface area (Å²) in [5, 5.41) is 0. The number of aromatic nitrogens is 1. The molecule has 0 bridgehead atoms. The maximum Gasteiger partial charge on any atom is 0.253 e. The van der Waals surface area contributed by atoms with Gasteiger partial charge in [0.15, 0.2) is 0 Å². The molecule has 10 heteroatoms. The van der Waals surface area contributed by atoms with Crippen molar-refractivity contribution in [2.24, 2.45) is 0 Å². The second kappa shape index (κ2) is 6.60. The molecule has 0 spiro atoms. The fourth-order valence-corrected chi connectivity index (χ4v) is 4.12. The average Bonchev–Trinajstić information content (AvgIpc) is 2.46. The lowest BCUT2D eigenvalue weighted by atomic mass is 10.0. The number of pyridine rings is 1. The first-order chi connectivity index (χ1) is 10.7. The second-order valence-electron chi connectivity index (χ2n) is 5.35. The number of piperidine rings is 1. The Labute approximate surface area is 132 Å². The largest absolute Gasteiger partial charge is 0.366 e. The van der Waals surface area contributed by atoms with Crippen LogP contribution in [0, 0.1) is 23.5 Å². The molecule has 0 radical (unpaired) electrons. The number of hydrogen-bond acceptors (Lipinski definition) is 4. The van der Waals surface area contributed by atoms with Crippen LogP contribution in [-0.2, 0) is 10.0 Å². The maximum atomic E-state index is 13.7. The zero-order chi connectivity index (χ0) is 17.4. The topological polar surface area (TPSA) is 53.5 Å². The SMILES string of the molecule is CCN(C1CCN(c2c(F)c(F)nc(F)c2F)CC1)S(C)(=O)=O. The highest BCUT2D eigenvalue weighted by molar-refractivity contribution is 7.88. The molecule has 130 valence electrons. The second-order valence-corrected chi connectivity index (χ2v) is 7.29. The molecule has 2 rings (SSSR count). The molecule has 0 saturated carbocycles. The smallest absolute Gasteiger partial charge is 0.253 e. The third-order valence-electron chi connectivity index (χ3n) is 3.90. The van der Waals surface area contributed by atoms with E-state index in [0.717, 1.165) is 6.26 Å². The molecule has 1 saturated heterocycles. The zero-order valence-electron chi connectivity index (χ0n) is 12.7. The van der Waals surface area contributed by atoms with Crippen LogP contribution in [0.1, 0.15) is 19.8 Å². The van der Waals surface area contributed by atoms with Gasteiger partial charge in [-0.15, -0.1) is 0 Å². The van der Waals surface area contributed by atoms with Crippen molar-refractivity contribution in [1.82, 2.24) is 9.29 Å². The summed E-state index contributed by atoms with van der Waals surface area (Å²) in [6, 6.07) is -0.311. The van der Waals surface area contributed by atoms with E-state index >= 15 is 0 Å². The molecule has 1 aromatic rings. The predicted molar refractivity (Wildman–Crippen MR) is 76.5 cm³/mol. The number of rotatable bonds is 4. The summed E-state index contributed by atoms with van der Waals surface area (Å²) < 4.78 is 78.6. The van der Waals surface area contributed by atoms with Crippen molar-refractivity contribution in [2.45, 2.75) is 25.8 Å². The lowest BCUT2D eigenvalue weighted by Gasteiger charge is -2.38. The van der Waals surface area contributed by atoms with Gasteiger partial charge in [0.2, 0.25) is 21.7 Å². The number of anilines is 1. The molecule has 5 nitrogen and oxygen atoms in total. The summed E-state index contributed by atoms with van der Waals surface area (Å²) in [6.07, 6.45) is 1.69. The van der Waals surface area contributed by atoms with Crippen molar-refractivity contribution < 1.29 is 26.0 Å². The fraction of sp³-hybridized carbons (Fsp3) is 0.615. The predicted octanol–water partition coefficient (Wildman–Crippen LogP) is 1.89. The molecule has 1 aliphatic rings. The first-order valence-corrected chi connectivity index (χ1v) is 8.93. The van der Waals surface area contributed by atoms with Gasteiger partial charge in [-0.3, -0.25) is 0 Å². The highest BCUT2D eigenvalue weighted by atomic mass is 32.2.